The first-order valence-corrected chi connectivity index (χ1v) is 7.97. The fourth-order valence-corrected chi connectivity index (χ4v) is 2.42. The molecular formula is C18H21NO5. The summed E-state index contributed by atoms with van der Waals surface area (Å²) in [6.07, 6.45) is 0.635. The average Bonchev–Trinajstić information content (AvgIpc) is 2.56. The van der Waals surface area contributed by atoms with Gasteiger partial charge in [0.2, 0.25) is 0 Å². The number of benzene rings is 1. The normalized spacial score (nSPS) is 10.8. The van der Waals surface area contributed by atoms with E-state index in [1.165, 1.54) is 0 Å². The van der Waals surface area contributed by atoms with Gasteiger partial charge in [0.25, 0.3) is 0 Å². The van der Waals surface area contributed by atoms with Gasteiger partial charge in [-0.15, -0.1) is 0 Å². The molecule has 0 aliphatic carbocycles. The molecule has 0 unspecified atom stereocenters. The molecule has 0 atom stereocenters. The van der Waals surface area contributed by atoms with Gasteiger partial charge in [0.05, 0.1) is 13.2 Å². The molecular weight excluding hydrogens is 310 g/mol. The van der Waals surface area contributed by atoms with Crippen molar-refractivity contribution in [2.24, 2.45) is 5.92 Å². The lowest BCUT2D eigenvalue weighted by Crippen LogP contribution is -2.28. The third-order valence-electron chi connectivity index (χ3n) is 3.59. The minimum Gasteiger partial charge on any atom is -0.506 e. The molecule has 0 spiro atoms. The second kappa shape index (κ2) is 8.29. The third kappa shape index (κ3) is 4.22. The Morgan fingerprint density at radius 1 is 1.08 bits per heavy atom. The number of aromatic hydroxyl groups is 1. The van der Waals surface area contributed by atoms with E-state index in [9.17, 15) is 14.7 Å². The molecule has 1 aromatic carbocycles. The predicted molar refractivity (Wildman–Crippen MR) is 88.5 cm³/mol. The van der Waals surface area contributed by atoms with Gasteiger partial charge in [-0.3, -0.25) is 9.59 Å². The van der Waals surface area contributed by atoms with Gasteiger partial charge in [-0.2, -0.15) is 0 Å². The quantitative estimate of drug-likeness (QED) is 0.620. The highest BCUT2D eigenvalue weighted by atomic mass is 16.6. The molecule has 1 N–H and O–H groups in total. The first kappa shape index (κ1) is 17.7. The molecule has 0 amide bonds. The summed E-state index contributed by atoms with van der Waals surface area (Å²) in [6.45, 7) is 3.79. The molecule has 0 saturated heterocycles. The Hall–Kier alpha value is -2.63. The predicted octanol–water partition coefficient (Wildman–Crippen LogP) is 2.62. The number of pyridine rings is 1. The fraction of sp³-hybridized carbons (Fsp3) is 0.389. The number of ether oxygens (including phenoxy) is 2. The van der Waals surface area contributed by atoms with Crippen molar-refractivity contribution in [3.63, 3.8) is 0 Å². The molecule has 0 radical (unpaired) electrons. The maximum atomic E-state index is 12.0. The lowest BCUT2D eigenvalue weighted by molar-refractivity contribution is -0.161. The lowest BCUT2D eigenvalue weighted by atomic mass is 10.0. The number of carbonyl (C=O) groups is 2. The van der Waals surface area contributed by atoms with Crippen LogP contribution in [0.1, 0.15) is 26.0 Å². The van der Waals surface area contributed by atoms with E-state index in [4.69, 9.17) is 9.47 Å². The second-order valence-electron chi connectivity index (χ2n) is 5.25. The van der Waals surface area contributed by atoms with E-state index in [1.54, 1.807) is 26.0 Å². The number of phenolic OH excluding ortho intramolecular Hbond substituents is 1. The monoisotopic (exact) mass is 331 g/mol. The van der Waals surface area contributed by atoms with Crippen LogP contribution >= 0.6 is 0 Å². The van der Waals surface area contributed by atoms with Crippen molar-refractivity contribution in [1.29, 1.82) is 0 Å². The number of para-hydroxylation sites is 1. The van der Waals surface area contributed by atoms with Gasteiger partial charge < -0.3 is 14.6 Å². The summed E-state index contributed by atoms with van der Waals surface area (Å²) in [4.78, 5) is 28.3. The van der Waals surface area contributed by atoms with Crippen LogP contribution in [0.4, 0.5) is 0 Å². The largest absolute Gasteiger partial charge is 0.506 e. The van der Waals surface area contributed by atoms with Crippen LogP contribution in [0.2, 0.25) is 0 Å². The zero-order valence-corrected chi connectivity index (χ0v) is 13.8. The SMILES string of the molecule is CCOC(=O)C(CCc1ccc2cccc(O)c2n1)C(=O)OCC. The molecule has 2 aromatic rings. The number of aromatic nitrogens is 1. The van der Waals surface area contributed by atoms with Crippen LogP contribution in [0, 0.1) is 5.92 Å². The molecule has 6 nitrogen and oxygen atoms in total. The van der Waals surface area contributed by atoms with E-state index < -0.39 is 17.9 Å². The Balaban J connectivity index is 2.14. The maximum absolute atomic E-state index is 12.0. The molecule has 1 aromatic heterocycles. The van der Waals surface area contributed by atoms with Gasteiger partial charge in [0, 0.05) is 11.1 Å². The van der Waals surface area contributed by atoms with Gasteiger partial charge in [-0.25, -0.2) is 4.98 Å². The van der Waals surface area contributed by atoms with Gasteiger partial charge in [-0.05, 0) is 38.8 Å². The summed E-state index contributed by atoms with van der Waals surface area (Å²) in [5.41, 5.74) is 1.18. The Morgan fingerprint density at radius 2 is 1.75 bits per heavy atom. The van der Waals surface area contributed by atoms with Crippen molar-refractivity contribution in [2.45, 2.75) is 26.7 Å². The number of rotatable bonds is 7. The van der Waals surface area contributed by atoms with Crippen LogP contribution < -0.4 is 0 Å². The van der Waals surface area contributed by atoms with Gasteiger partial charge in [0.15, 0.2) is 5.92 Å². The molecule has 2 rings (SSSR count). The number of hydrogen-bond donors (Lipinski definition) is 1. The smallest absolute Gasteiger partial charge is 0.320 e. The van der Waals surface area contributed by atoms with Crippen molar-refractivity contribution >= 4 is 22.8 Å². The summed E-state index contributed by atoms with van der Waals surface area (Å²) >= 11 is 0. The summed E-state index contributed by atoms with van der Waals surface area (Å²) < 4.78 is 9.90. The standard InChI is InChI=1S/C18H21NO5/c1-3-23-17(21)14(18(22)24-4-2)11-10-13-9-8-12-6-5-7-15(20)16(12)19-13/h5-9,14,20H,3-4,10-11H2,1-2H3. The number of esters is 2. The summed E-state index contributed by atoms with van der Waals surface area (Å²) in [6, 6.07) is 8.83. The van der Waals surface area contributed by atoms with E-state index >= 15 is 0 Å². The van der Waals surface area contributed by atoms with Crippen LogP contribution in [-0.4, -0.2) is 35.2 Å². The molecule has 6 heteroatoms. The average molecular weight is 331 g/mol. The molecule has 0 aliphatic rings. The first-order valence-electron chi connectivity index (χ1n) is 7.97. The number of fused-ring (bicyclic) bond motifs is 1. The molecule has 0 saturated carbocycles. The van der Waals surface area contributed by atoms with Crippen molar-refractivity contribution in [1.82, 2.24) is 4.98 Å². The minimum absolute atomic E-state index is 0.0988. The Morgan fingerprint density at radius 3 is 2.38 bits per heavy atom. The van der Waals surface area contributed by atoms with E-state index in [0.717, 1.165) is 5.39 Å². The van der Waals surface area contributed by atoms with Crippen molar-refractivity contribution in [3.05, 3.63) is 36.0 Å². The second-order valence-corrected chi connectivity index (χ2v) is 5.25. The zero-order valence-electron chi connectivity index (χ0n) is 13.8. The van der Waals surface area contributed by atoms with Crippen molar-refractivity contribution in [3.8, 4) is 5.75 Å². The highest BCUT2D eigenvalue weighted by Crippen LogP contribution is 2.23. The zero-order chi connectivity index (χ0) is 17.5. The number of carbonyl (C=O) groups excluding carboxylic acids is 2. The van der Waals surface area contributed by atoms with Crippen molar-refractivity contribution in [2.75, 3.05) is 13.2 Å². The number of hydrogen-bond acceptors (Lipinski definition) is 6. The Kier molecular flexibility index (Phi) is 6.12. The molecule has 0 aliphatic heterocycles. The summed E-state index contributed by atoms with van der Waals surface area (Å²) in [5.74, 6) is -2.03. The molecule has 128 valence electrons. The number of nitrogens with zero attached hydrogens (tertiary/aromatic N) is 1. The molecule has 1 heterocycles. The van der Waals surface area contributed by atoms with E-state index in [-0.39, 0.29) is 25.4 Å². The number of phenols is 1. The lowest BCUT2D eigenvalue weighted by Gasteiger charge is -2.14. The topological polar surface area (TPSA) is 85.7 Å². The van der Waals surface area contributed by atoms with Gasteiger partial charge >= 0.3 is 11.9 Å². The maximum Gasteiger partial charge on any atom is 0.320 e. The highest BCUT2D eigenvalue weighted by molar-refractivity contribution is 5.94. The van der Waals surface area contributed by atoms with Crippen LogP contribution in [-0.2, 0) is 25.5 Å². The summed E-state index contributed by atoms with van der Waals surface area (Å²) in [5, 5.41) is 10.7. The molecule has 0 bridgehead atoms. The van der Waals surface area contributed by atoms with Crippen LogP contribution in [0.15, 0.2) is 30.3 Å². The number of aryl methyl sites for hydroxylation is 1. The van der Waals surface area contributed by atoms with Gasteiger partial charge in [-0.1, -0.05) is 18.2 Å². The summed E-state index contributed by atoms with van der Waals surface area (Å²) in [7, 11) is 0. The van der Waals surface area contributed by atoms with E-state index in [1.807, 2.05) is 18.2 Å². The van der Waals surface area contributed by atoms with Crippen LogP contribution in [0.25, 0.3) is 10.9 Å². The van der Waals surface area contributed by atoms with E-state index in [2.05, 4.69) is 4.98 Å². The van der Waals surface area contributed by atoms with Crippen LogP contribution in [0.5, 0.6) is 5.75 Å². The fourth-order valence-electron chi connectivity index (χ4n) is 2.42. The molecule has 0 fully saturated rings. The Labute approximate surface area is 140 Å². The van der Waals surface area contributed by atoms with Crippen molar-refractivity contribution < 1.29 is 24.2 Å². The first-order chi connectivity index (χ1) is 11.6. The van der Waals surface area contributed by atoms with E-state index in [0.29, 0.717) is 17.6 Å². The third-order valence-corrected chi connectivity index (χ3v) is 3.59. The Bertz CT molecular complexity index is 710. The minimum atomic E-state index is -0.966. The molecule has 24 heavy (non-hydrogen) atoms. The highest BCUT2D eigenvalue weighted by Gasteiger charge is 2.29. The van der Waals surface area contributed by atoms with Crippen LogP contribution in [0.3, 0.4) is 0 Å². The van der Waals surface area contributed by atoms with Gasteiger partial charge in [0.1, 0.15) is 11.3 Å².